The molecular formula is C18H21Cl2N5O2. The molecule has 0 radical (unpaired) electrons. The first-order valence-corrected chi connectivity index (χ1v) is 8.22. The monoisotopic (exact) mass is 409 g/mol. The van der Waals surface area contributed by atoms with Gasteiger partial charge in [0.25, 0.3) is 5.91 Å². The summed E-state index contributed by atoms with van der Waals surface area (Å²) in [5, 5.41) is 3.35. The minimum atomic E-state index is -0.0739. The summed E-state index contributed by atoms with van der Waals surface area (Å²) in [7, 11) is 1.95. The van der Waals surface area contributed by atoms with Crippen LogP contribution in [0.3, 0.4) is 0 Å². The Balaban J connectivity index is 0.00000131. The van der Waals surface area contributed by atoms with Crippen molar-refractivity contribution >= 4 is 30.7 Å². The predicted molar refractivity (Wildman–Crippen MR) is 106 cm³/mol. The lowest BCUT2D eigenvalue weighted by molar-refractivity contribution is 0.0621. The topological polar surface area (TPSA) is 76.2 Å². The Kier molecular flexibility index (Phi) is 7.01. The predicted octanol–water partition coefficient (Wildman–Crippen LogP) is 2.71. The van der Waals surface area contributed by atoms with Gasteiger partial charge in [-0.05, 0) is 12.1 Å². The molecule has 1 saturated heterocycles. The maximum atomic E-state index is 13.0. The Bertz CT molecular complexity index is 864. The first kappa shape index (κ1) is 21.0. The van der Waals surface area contributed by atoms with Gasteiger partial charge in [-0.3, -0.25) is 4.79 Å². The third-order valence-electron chi connectivity index (χ3n) is 4.51. The summed E-state index contributed by atoms with van der Waals surface area (Å²) in [4.78, 5) is 23.3. The molecule has 0 bridgehead atoms. The summed E-state index contributed by atoms with van der Waals surface area (Å²) in [6.45, 7) is 2.13. The number of amides is 1. The Morgan fingerprint density at radius 1 is 1.26 bits per heavy atom. The molecule has 0 spiro atoms. The van der Waals surface area contributed by atoms with Crippen LogP contribution >= 0.6 is 24.8 Å². The second kappa shape index (κ2) is 9.03. The van der Waals surface area contributed by atoms with Crippen LogP contribution in [-0.4, -0.2) is 45.0 Å². The molecule has 1 aliphatic heterocycles. The van der Waals surface area contributed by atoms with Gasteiger partial charge < -0.3 is 19.2 Å². The summed E-state index contributed by atoms with van der Waals surface area (Å²) in [5.74, 6) is 1.59. The molecule has 1 unspecified atom stereocenters. The van der Waals surface area contributed by atoms with Crippen LogP contribution in [0.25, 0.3) is 11.3 Å². The Labute approximate surface area is 169 Å². The molecule has 1 amide bonds. The average molecular weight is 410 g/mol. The number of piperazine rings is 1. The van der Waals surface area contributed by atoms with Crippen LogP contribution in [0.4, 0.5) is 0 Å². The second-order valence-electron chi connectivity index (χ2n) is 6.06. The molecule has 0 aliphatic carbocycles. The third-order valence-corrected chi connectivity index (χ3v) is 4.51. The highest BCUT2D eigenvalue weighted by atomic mass is 35.5. The van der Waals surface area contributed by atoms with Gasteiger partial charge in [0.05, 0.1) is 6.20 Å². The Morgan fingerprint density at radius 3 is 2.67 bits per heavy atom. The quantitative estimate of drug-likeness (QED) is 0.719. The third kappa shape index (κ3) is 4.16. The average Bonchev–Trinajstić information content (AvgIpc) is 3.33. The van der Waals surface area contributed by atoms with Gasteiger partial charge in [0.1, 0.15) is 11.9 Å². The van der Waals surface area contributed by atoms with Gasteiger partial charge in [0.15, 0.2) is 12.2 Å². The highest BCUT2D eigenvalue weighted by Crippen LogP contribution is 2.24. The molecule has 1 aliphatic rings. The number of carbonyl (C=O) groups is 1. The summed E-state index contributed by atoms with van der Waals surface area (Å²) in [6.07, 6.45) is 6.72. The highest BCUT2D eigenvalue weighted by Gasteiger charge is 2.31. The minimum absolute atomic E-state index is 0. The minimum Gasteiger partial charge on any atom is -0.444 e. The first-order valence-electron chi connectivity index (χ1n) is 8.22. The van der Waals surface area contributed by atoms with Crippen molar-refractivity contribution in [3.05, 3.63) is 60.6 Å². The fraction of sp³-hybridized carbons (Fsp3) is 0.278. The van der Waals surface area contributed by atoms with Crippen LogP contribution in [0.2, 0.25) is 0 Å². The van der Waals surface area contributed by atoms with Crippen LogP contribution in [0, 0.1) is 0 Å². The van der Waals surface area contributed by atoms with E-state index in [2.05, 4.69) is 15.3 Å². The zero-order valence-corrected chi connectivity index (χ0v) is 16.4. The number of nitrogens with zero attached hydrogens (tertiary/aromatic N) is 4. The van der Waals surface area contributed by atoms with E-state index in [9.17, 15) is 4.79 Å². The summed E-state index contributed by atoms with van der Waals surface area (Å²) < 4.78 is 7.25. The molecular weight excluding hydrogens is 389 g/mol. The number of imidazole rings is 1. The number of carbonyl (C=O) groups excluding carboxylic acids is 1. The SMILES string of the molecule is Cl.Cl.Cn1ccnc1C1CNCCN1C(=O)c1ccc(-c2cnco2)cc1. The van der Waals surface area contributed by atoms with E-state index in [0.29, 0.717) is 24.4 Å². The number of hydrogen-bond acceptors (Lipinski definition) is 5. The fourth-order valence-corrected chi connectivity index (χ4v) is 3.18. The summed E-state index contributed by atoms with van der Waals surface area (Å²) >= 11 is 0. The van der Waals surface area contributed by atoms with E-state index in [0.717, 1.165) is 17.9 Å². The fourth-order valence-electron chi connectivity index (χ4n) is 3.18. The maximum Gasteiger partial charge on any atom is 0.254 e. The van der Waals surface area contributed by atoms with Crippen molar-refractivity contribution in [1.82, 2.24) is 24.8 Å². The van der Waals surface area contributed by atoms with Gasteiger partial charge in [-0.2, -0.15) is 0 Å². The van der Waals surface area contributed by atoms with E-state index in [4.69, 9.17) is 4.42 Å². The number of nitrogens with one attached hydrogen (secondary N) is 1. The molecule has 1 atom stereocenters. The molecule has 0 saturated carbocycles. The molecule has 4 rings (SSSR count). The van der Waals surface area contributed by atoms with Crippen LogP contribution < -0.4 is 5.32 Å². The van der Waals surface area contributed by atoms with Crippen LogP contribution in [-0.2, 0) is 7.05 Å². The molecule has 27 heavy (non-hydrogen) atoms. The molecule has 1 aromatic carbocycles. The molecule has 1 N–H and O–H groups in total. The van der Waals surface area contributed by atoms with E-state index < -0.39 is 0 Å². The van der Waals surface area contributed by atoms with Gasteiger partial charge in [0, 0.05) is 50.2 Å². The van der Waals surface area contributed by atoms with Crippen molar-refractivity contribution in [2.24, 2.45) is 7.05 Å². The number of benzene rings is 1. The largest absolute Gasteiger partial charge is 0.444 e. The van der Waals surface area contributed by atoms with Gasteiger partial charge in [-0.15, -0.1) is 24.8 Å². The Morgan fingerprint density at radius 2 is 2.04 bits per heavy atom. The normalized spacial score (nSPS) is 16.3. The van der Waals surface area contributed by atoms with E-state index in [1.54, 1.807) is 12.4 Å². The lowest BCUT2D eigenvalue weighted by atomic mass is 10.1. The Hall–Kier alpha value is -2.35. The van der Waals surface area contributed by atoms with Crippen molar-refractivity contribution < 1.29 is 9.21 Å². The molecule has 7 nitrogen and oxygen atoms in total. The van der Waals surface area contributed by atoms with Crippen molar-refractivity contribution in [2.45, 2.75) is 6.04 Å². The number of hydrogen-bond donors (Lipinski definition) is 1. The molecule has 144 valence electrons. The molecule has 9 heteroatoms. The molecule has 3 aromatic rings. The number of aryl methyl sites for hydroxylation is 1. The van der Waals surface area contributed by atoms with Crippen molar-refractivity contribution in [3.63, 3.8) is 0 Å². The summed E-state index contributed by atoms with van der Waals surface area (Å²) in [6, 6.07) is 7.35. The van der Waals surface area contributed by atoms with Crippen molar-refractivity contribution in [2.75, 3.05) is 19.6 Å². The van der Waals surface area contributed by atoms with E-state index in [-0.39, 0.29) is 36.8 Å². The van der Waals surface area contributed by atoms with Crippen LogP contribution in [0.1, 0.15) is 22.2 Å². The van der Waals surface area contributed by atoms with Gasteiger partial charge in [-0.25, -0.2) is 9.97 Å². The van der Waals surface area contributed by atoms with Crippen LogP contribution in [0.5, 0.6) is 0 Å². The van der Waals surface area contributed by atoms with Crippen molar-refractivity contribution in [1.29, 1.82) is 0 Å². The highest BCUT2D eigenvalue weighted by molar-refractivity contribution is 5.95. The lowest BCUT2D eigenvalue weighted by Crippen LogP contribution is -2.49. The molecule has 3 heterocycles. The second-order valence-corrected chi connectivity index (χ2v) is 6.06. The zero-order chi connectivity index (χ0) is 17.2. The number of oxazole rings is 1. The standard InChI is InChI=1S/C18H19N5O2.2ClH/c1-22-8-7-21-17(22)15-10-19-6-9-23(15)18(24)14-4-2-13(3-5-14)16-11-20-12-25-16;;/h2-5,7-8,11-12,15,19H,6,9-10H2,1H3;2*1H. The number of halogens is 2. The molecule has 1 fully saturated rings. The first-order chi connectivity index (χ1) is 12.2. The molecule has 2 aromatic heterocycles. The van der Waals surface area contributed by atoms with E-state index >= 15 is 0 Å². The van der Waals surface area contributed by atoms with Gasteiger partial charge in [0.2, 0.25) is 0 Å². The van der Waals surface area contributed by atoms with Gasteiger partial charge in [-0.1, -0.05) is 12.1 Å². The number of aromatic nitrogens is 3. The van der Waals surface area contributed by atoms with E-state index in [1.165, 1.54) is 6.39 Å². The van der Waals surface area contributed by atoms with Gasteiger partial charge >= 0.3 is 0 Å². The van der Waals surface area contributed by atoms with Crippen LogP contribution in [0.15, 0.2) is 53.7 Å². The maximum absolute atomic E-state index is 13.0. The van der Waals surface area contributed by atoms with E-state index in [1.807, 2.05) is 47.0 Å². The summed E-state index contributed by atoms with van der Waals surface area (Å²) in [5.41, 5.74) is 1.55. The number of rotatable bonds is 3. The van der Waals surface area contributed by atoms with Crippen molar-refractivity contribution in [3.8, 4) is 11.3 Å². The lowest BCUT2D eigenvalue weighted by Gasteiger charge is -2.35. The smallest absolute Gasteiger partial charge is 0.254 e. The zero-order valence-electron chi connectivity index (χ0n) is 14.7.